The Morgan fingerprint density at radius 1 is 1.27 bits per heavy atom. The first-order chi connectivity index (χ1) is 12.4. The van der Waals surface area contributed by atoms with Crippen molar-refractivity contribution in [2.24, 2.45) is 0 Å². The van der Waals surface area contributed by atoms with Gasteiger partial charge < -0.3 is 5.32 Å². The number of aryl methyl sites for hydroxylation is 3. The summed E-state index contributed by atoms with van der Waals surface area (Å²) in [5.41, 5.74) is 4.39. The van der Waals surface area contributed by atoms with E-state index >= 15 is 0 Å². The number of hydrogen-bond acceptors (Lipinski definition) is 5. The second-order valence-electron chi connectivity index (χ2n) is 6.28. The van der Waals surface area contributed by atoms with Gasteiger partial charge in [-0.15, -0.1) is 5.10 Å². The number of carbonyl (C=O) groups excluding carboxylic acids is 1. The van der Waals surface area contributed by atoms with Crippen molar-refractivity contribution in [1.82, 2.24) is 35.3 Å². The Labute approximate surface area is 152 Å². The van der Waals surface area contributed by atoms with Crippen LogP contribution in [0.5, 0.6) is 0 Å². The molecule has 26 heavy (non-hydrogen) atoms. The topological polar surface area (TPSA) is 90.5 Å². The van der Waals surface area contributed by atoms with E-state index in [1.54, 1.807) is 16.8 Å². The molecule has 2 aromatic heterocycles. The van der Waals surface area contributed by atoms with Gasteiger partial charge in [-0.25, -0.2) is 0 Å². The zero-order valence-corrected chi connectivity index (χ0v) is 15.7. The quantitative estimate of drug-likeness (QED) is 0.760. The molecule has 0 spiro atoms. The van der Waals surface area contributed by atoms with E-state index in [4.69, 9.17) is 0 Å². The summed E-state index contributed by atoms with van der Waals surface area (Å²) in [4.78, 5) is 12.7. The monoisotopic (exact) mass is 353 g/mol. The van der Waals surface area contributed by atoms with Gasteiger partial charge in [-0.3, -0.25) is 9.48 Å². The molecule has 1 amide bonds. The average Bonchev–Trinajstić information content (AvgIpc) is 3.17. The number of nitrogens with zero attached hydrogens (tertiary/aromatic N) is 6. The summed E-state index contributed by atoms with van der Waals surface area (Å²) < 4.78 is 3.55. The summed E-state index contributed by atoms with van der Waals surface area (Å²) in [6, 6.07) is 7.10. The van der Waals surface area contributed by atoms with Crippen molar-refractivity contribution in [3.63, 3.8) is 0 Å². The fraction of sp³-hybridized carbons (Fsp3) is 0.389. The number of nitrogens with one attached hydrogen (secondary N) is 1. The fourth-order valence-electron chi connectivity index (χ4n) is 3.25. The van der Waals surface area contributed by atoms with Crippen LogP contribution in [-0.2, 0) is 6.54 Å². The van der Waals surface area contributed by atoms with Crippen molar-refractivity contribution in [3.8, 4) is 5.69 Å². The van der Waals surface area contributed by atoms with Gasteiger partial charge in [0.2, 0.25) is 0 Å². The lowest BCUT2D eigenvalue weighted by Crippen LogP contribution is -2.27. The Bertz CT molecular complexity index is 941. The molecule has 0 saturated carbocycles. The zero-order valence-electron chi connectivity index (χ0n) is 15.7. The smallest absolute Gasteiger partial charge is 0.251 e. The van der Waals surface area contributed by atoms with Gasteiger partial charge in [-0.05, 0) is 63.2 Å². The van der Waals surface area contributed by atoms with Crippen molar-refractivity contribution < 1.29 is 4.79 Å². The molecule has 1 aromatic carbocycles. The zero-order chi connectivity index (χ0) is 18.8. The number of carbonyl (C=O) groups is 1. The lowest BCUT2D eigenvalue weighted by molar-refractivity contribution is 0.0939. The number of rotatable bonds is 5. The van der Waals surface area contributed by atoms with Gasteiger partial charge in [0.25, 0.3) is 5.91 Å². The third-order valence-electron chi connectivity index (χ3n) is 4.50. The number of amides is 1. The van der Waals surface area contributed by atoms with E-state index in [1.807, 2.05) is 44.5 Å². The Morgan fingerprint density at radius 3 is 2.65 bits per heavy atom. The molecule has 0 bridgehead atoms. The Morgan fingerprint density at radius 2 is 2.04 bits per heavy atom. The summed E-state index contributed by atoms with van der Waals surface area (Å²) in [5, 5.41) is 19.1. The summed E-state index contributed by atoms with van der Waals surface area (Å²) in [5.74, 6) is 0.516. The van der Waals surface area contributed by atoms with Crippen LogP contribution in [0.4, 0.5) is 0 Å². The summed E-state index contributed by atoms with van der Waals surface area (Å²) in [7, 11) is 0. The van der Waals surface area contributed by atoms with E-state index in [0.717, 1.165) is 29.2 Å². The van der Waals surface area contributed by atoms with Gasteiger partial charge >= 0.3 is 0 Å². The summed E-state index contributed by atoms with van der Waals surface area (Å²) >= 11 is 0. The van der Waals surface area contributed by atoms with Crippen LogP contribution in [0.3, 0.4) is 0 Å². The highest BCUT2D eigenvalue weighted by atomic mass is 16.1. The first-order valence-corrected chi connectivity index (χ1v) is 8.62. The van der Waals surface area contributed by atoms with Crippen molar-refractivity contribution in [1.29, 1.82) is 0 Å². The minimum absolute atomic E-state index is 0.138. The molecule has 8 nitrogen and oxygen atoms in total. The van der Waals surface area contributed by atoms with E-state index in [-0.39, 0.29) is 11.9 Å². The maximum absolute atomic E-state index is 12.7. The van der Waals surface area contributed by atoms with E-state index in [9.17, 15) is 4.79 Å². The van der Waals surface area contributed by atoms with Crippen molar-refractivity contribution in [3.05, 3.63) is 52.6 Å². The Balaban J connectivity index is 1.83. The highest BCUT2D eigenvalue weighted by Gasteiger charge is 2.19. The minimum atomic E-state index is -0.145. The van der Waals surface area contributed by atoms with Gasteiger partial charge in [0.15, 0.2) is 5.82 Å². The third kappa shape index (κ3) is 3.22. The highest BCUT2D eigenvalue weighted by Crippen LogP contribution is 2.22. The SMILES string of the molecule is CCn1nc(C)c(C(C)NC(=O)c2cccc(-n3nnnc3C)c2)c1C. The van der Waals surface area contributed by atoms with Crippen molar-refractivity contribution >= 4 is 5.91 Å². The predicted molar refractivity (Wildman–Crippen MR) is 97.1 cm³/mol. The number of tetrazole rings is 1. The van der Waals surface area contributed by atoms with Crippen molar-refractivity contribution in [2.45, 2.75) is 47.2 Å². The summed E-state index contributed by atoms with van der Waals surface area (Å²) in [6.45, 7) is 10.6. The minimum Gasteiger partial charge on any atom is -0.345 e. The average molecular weight is 353 g/mol. The third-order valence-corrected chi connectivity index (χ3v) is 4.50. The maximum atomic E-state index is 12.7. The normalized spacial score (nSPS) is 12.2. The van der Waals surface area contributed by atoms with E-state index in [0.29, 0.717) is 11.4 Å². The van der Waals surface area contributed by atoms with Crippen LogP contribution in [0.1, 0.15) is 53.0 Å². The van der Waals surface area contributed by atoms with Gasteiger partial charge in [0, 0.05) is 23.4 Å². The van der Waals surface area contributed by atoms with Crippen LogP contribution in [0.2, 0.25) is 0 Å². The molecule has 0 aliphatic rings. The van der Waals surface area contributed by atoms with Gasteiger partial charge in [0.05, 0.1) is 17.4 Å². The van der Waals surface area contributed by atoms with Crippen LogP contribution in [0.15, 0.2) is 24.3 Å². The van der Waals surface area contributed by atoms with Crippen LogP contribution < -0.4 is 5.32 Å². The van der Waals surface area contributed by atoms with Gasteiger partial charge in [-0.2, -0.15) is 9.78 Å². The number of aromatic nitrogens is 6. The molecule has 1 unspecified atom stereocenters. The second-order valence-corrected chi connectivity index (χ2v) is 6.28. The Kier molecular flexibility index (Phi) is 4.83. The van der Waals surface area contributed by atoms with Crippen LogP contribution >= 0.6 is 0 Å². The highest BCUT2D eigenvalue weighted by molar-refractivity contribution is 5.95. The molecule has 0 aliphatic carbocycles. The molecule has 0 radical (unpaired) electrons. The molecular weight excluding hydrogens is 330 g/mol. The van der Waals surface area contributed by atoms with E-state index in [2.05, 4.69) is 32.9 Å². The molecule has 1 atom stereocenters. The van der Waals surface area contributed by atoms with E-state index in [1.165, 1.54) is 0 Å². The first-order valence-electron chi connectivity index (χ1n) is 8.62. The largest absolute Gasteiger partial charge is 0.345 e. The van der Waals surface area contributed by atoms with Gasteiger partial charge in [0.1, 0.15) is 0 Å². The van der Waals surface area contributed by atoms with E-state index < -0.39 is 0 Å². The molecule has 0 saturated heterocycles. The van der Waals surface area contributed by atoms with Crippen LogP contribution in [0, 0.1) is 20.8 Å². The molecule has 0 aliphatic heterocycles. The van der Waals surface area contributed by atoms with Crippen molar-refractivity contribution in [2.75, 3.05) is 0 Å². The summed E-state index contributed by atoms with van der Waals surface area (Å²) in [6.07, 6.45) is 0. The number of hydrogen-bond donors (Lipinski definition) is 1. The standard InChI is InChI=1S/C18H23N7O/c1-6-24-13(4)17(12(3)21-24)11(2)19-18(26)15-8-7-9-16(10-15)25-14(5)20-22-23-25/h7-11H,6H2,1-5H3,(H,19,26). The predicted octanol–water partition coefficient (Wildman–Crippen LogP) is 2.29. The molecule has 1 N–H and O–H groups in total. The van der Waals surface area contributed by atoms with Crippen LogP contribution in [0.25, 0.3) is 5.69 Å². The molecule has 2 heterocycles. The lowest BCUT2D eigenvalue weighted by atomic mass is 10.1. The molecule has 136 valence electrons. The lowest BCUT2D eigenvalue weighted by Gasteiger charge is -2.15. The molecule has 0 fully saturated rings. The van der Waals surface area contributed by atoms with Gasteiger partial charge in [-0.1, -0.05) is 6.07 Å². The number of benzene rings is 1. The molecule has 3 aromatic rings. The Hall–Kier alpha value is -3.03. The first kappa shape index (κ1) is 17.8. The fourth-order valence-corrected chi connectivity index (χ4v) is 3.25. The second kappa shape index (κ2) is 7.07. The van der Waals surface area contributed by atoms with Crippen LogP contribution in [-0.4, -0.2) is 35.9 Å². The molecule has 3 rings (SSSR count). The molecule has 8 heteroatoms. The molecular formula is C18H23N7O. The maximum Gasteiger partial charge on any atom is 0.251 e.